The van der Waals surface area contributed by atoms with Crippen LogP contribution in [0, 0.1) is 0 Å². The van der Waals surface area contributed by atoms with Crippen molar-refractivity contribution >= 4 is 35.3 Å². The van der Waals surface area contributed by atoms with E-state index in [0.717, 1.165) is 0 Å². The van der Waals surface area contributed by atoms with Crippen molar-refractivity contribution < 1.29 is 19.7 Å². The highest BCUT2D eigenvalue weighted by molar-refractivity contribution is 6.35. The number of phenolic OH excluding ortho intramolecular Hbond substituents is 2. The van der Waals surface area contributed by atoms with Gasteiger partial charge in [-0.3, -0.25) is 4.79 Å². The molecule has 2 rings (SSSR count). The Kier molecular flexibility index (Phi) is 6.91. The number of phenols is 2. The molecule has 8 heteroatoms. The van der Waals surface area contributed by atoms with Crippen molar-refractivity contribution in [3.8, 4) is 17.2 Å². The second-order valence-corrected chi connectivity index (χ2v) is 5.88. The van der Waals surface area contributed by atoms with E-state index in [4.69, 9.17) is 27.9 Å². The Morgan fingerprint density at radius 1 is 1.24 bits per heavy atom. The summed E-state index contributed by atoms with van der Waals surface area (Å²) in [6, 6.07) is 9.36. The van der Waals surface area contributed by atoms with Crippen LogP contribution >= 0.6 is 23.2 Å². The summed E-state index contributed by atoms with van der Waals surface area (Å²) in [5, 5.41) is 23.6. The molecule has 6 nitrogen and oxygen atoms in total. The van der Waals surface area contributed by atoms with Gasteiger partial charge in [0.25, 0.3) is 0 Å². The summed E-state index contributed by atoms with van der Waals surface area (Å²) in [5.41, 5.74) is 2.63. The molecule has 2 aromatic carbocycles. The van der Waals surface area contributed by atoms with Gasteiger partial charge in [0, 0.05) is 17.0 Å². The van der Waals surface area contributed by atoms with Crippen molar-refractivity contribution in [3.63, 3.8) is 0 Å². The highest BCUT2D eigenvalue weighted by atomic mass is 35.5. The summed E-state index contributed by atoms with van der Waals surface area (Å²) in [6.07, 6.45) is 1.92. The first-order valence-electron chi connectivity index (χ1n) is 7.38. The van der Waals surface area contributed by atoms with Gasteiger partial charge in [0.2, 0.25) is 5.91 Å². The number of carbonyl (C=O) groups is 1. The lowest BCUT2D eigenvalue weighted by molar-refractivity contribution is -0.121. The zero-order chi connectivity index (χ0) is 18.2. The predicted molar refractivity (Wildman–Crippen MR) is 96.7 cm³/mol. The van der Waals surface area contributed by atoms with E-state index in [9.17, 15) is 15.0 Å². The van der Waals surface area contributed by atoms with Gasteiger partial charge in [0.05, 0.1) is 17.8 Å². The van der Waals surface area contributed by atoms with Crippen LogP contribution in [0.5, 0.6) is 17.2 Å². The summed E-state index contributed by atoms with van der Waals surface area (Å²) in [4.78, 5) is 11.7. The number of carbonyl (C=O) groups excluding carboxylic acids is 1. The number of amides is 1. The minimum atomic E-state index is -0.304. The third kappa shape index (κ3) is 5.85. The van der Waals surface area contributed by atoms with E-state index >= 15 is 0 Å². The molecule has 3 N–H and O–H groups in total. The molecule has 2 aromatic rings. The largest absolute Gasteiger partial charge is 0.504 e. The van der Waals surface area contributed by atoms with E-state index in [-0.39, 0.29) is 23.8 Å². The number of halogens is 2. The van der Waals surface area contributed by atoms with Crippen molar-refractivity contribution in [1.29, 1.82) is 0 Å². The fourth-order valence-electron chi connectivity index (χ4n) is 1.89. The van der Waals surface area contributed by atoms with Crippen LogP contribution in [0.2, 0.25) is 10.0 Å². The van der Waals surface area contributed by atoms with Gasteiger partial charge in [-0.15, -0.1) is 0 Å². The van der Waals surface area contributed by atoms with Crippen LogP contribution in [0.4, 0.5) is 0 Å². The smallest absolute Gasteiger partial charge is 0.240 e. The van der Waals surface area contributed by atoms with Crippen LogP contribution in [-0.4, -0.2) is 28.9 Å². The standard InChI is InChI=1S/C17H16Cl2N2O4/c18-12-6-7-15(13(19)9-12)25-8-2-5-16(23)21-20-10-11-3-1-4-14(22)17(11)24/h1,3-4,6-7,9-10,22,24H,2,5,8H2,(H,21,23)/b20-10+. The fraction of sp³-hybridized carbons (Fsp3) is 0.176. The topological polar surface area (TPSA) is 91.2 Å². The van der Waals surface area contributed by atoms with Crippen LogP contribution in [-0.2, 0) is 4.79 Å². The molecule has 0 bridgehead atoms. The summed E-state index contributed by atoms with van der Waals surface area (Å²) in [7, 11) is 0. The molecule has 0 heterocycles. The van der Waals surface area contributed by atoms with Crippen LogP contribution in [0.1, 0.15) is 18.4 Å². The van der Waals surface area contributed by atoms with Gasteiger partial charge in [0.15, 0.2) is 11.5 Å². The number of hydrogen-bond donors (Lipinski definition) is 3. The van der Waals surface area contributed by atoms with Crippen molar-refractivity contribution in [3.05, 3.63) is 52.0 Å². The maximum atomic E-state index is 11.7. The Hall–Kier alpha value is -2.44. The molecule has 25 heavy (non-hydrogen) atoms. The Balaban J connectivity index is 1.72. The van der Waals surface area contributed by atoms with Gasteiger partial charge < -0.3 is 14.9 Å². The summed E-state index contributed by atoms with van der Waals surface area (Å²) in [5.74, 6) is -0.354. The Bertz CT molecular complexity index is 781. The minimum absolute atomic E-state index is 0.203. The zero-order valence-electron chi connectivity index (χ0n) is 13.1. The number of hydrogen-bond acceptors (Lipinski definition) is 5. The lowest BCUT2D eigenvalue weighted by atomic mass is 10.2. The summed E-state index contributed by atoms with van der Waals surface area (Å²) < 4.78 is 5.48. The van der Waals surface area contributed by atoms with E-state index in [1.807, 2.05) is 0 Å². The molecule has 0 aliphatic rings. The Morgan fingerprint density at radius 3 is 2.80 bits per heavy atom. The van der Waals surface area contributed by atoms with E-state index in [1.54, 1.807) is 30.3 Å². The predicted octanol–water partition coefficient (Wildman–Crippen LogP) is 3.71. The molecule has 0 spiro atoms. The lowest BCUT2D eigenvalue weighted by Crippen LogP contribution is -2.18. The van der Waals surface area contributed by atoms with Gasteiger partial charge in [-0.05, 0) is 36.8 Å². The highest BCUT2D eigenvalue weighted by Gasteiger charge is 2.05. The average molecular weight is 383 g/mol. The number of benzene rings is 2. The van der Waals surface area contributed by atoms with Crippen LogP contribution in [0.15, 0.2) is 41.5 Å². The van der Waals surface area contributed by atoms with Crippen molar-refractivity contribution in [1.82, 2.24) is 5.43 Å². The SMILES string of the molecule is O=C(CCCOc1ccc(Cl)cc1Cl)N/N=C/c1cccc(O)c1O. The van der Waals surface area contributed by atoms with Crippen LogP contribution < -0.4 is 10.2 Å². The average Bonchev–Trinajstić information content (AvgIpc) is 2.57. The quantitative estimate of drug-likeness (QED) is 0.294. The molecule has 0 aromatic heterocycles. The second-order valence-electron chi connectivity index (χ2n) is 5.03. The molecule has 0 fully saturated rings. The molecule has 0 radical (unpaired) electrons. The normalized spacial score (nSPS) is 10.8. The maximum Gasteiger partial charge on any atom is 0.240 e. The molecule has 0 aliphatic heterocycles. The summed E-state index contributed by atoms with van der Waals surface area (Å²) in [6.45, 7) is 0.311. The first-order chi connectivity index (χ1) is 12.0. The van der Waals surface area contributed by atoms with E-state index in [2.05, 4.69) is 10.5 Å². The van der Waals surface area contributed by atoms with E-state index in [1.165, 1.54) is 12.3 Å². The number of nitrogens with one attached hydrogen (secondary N) is 1. The van der Waals surface area contributed by atoms with Crippen LogP contribution in [0.3, 0.4) is 0 Å². The first-order valence-corrected chi connectivity index (χ1v) is 8.13. The second kappa shape index (κ2) is 9.15. The van der Waals surface area contributed by atoms with E-state index < -0.39 is 0 Å². The monoisotopic (exact) mass is 382 g/mol. The van der Waals surface area contributed by atoms with Crippen molar-refractivity contribution in [2.45, 2.75) is 12.8 Å². The van der Waals surface area contributed by atoms with Crippen molar-refractivity contribution in [2.75, 3.05) is 6.61 Å². The zero-order valence-corrected chi connectivity index (χ0v) is 14.6. The lowest BCUT2D eigenvalue weighted by Gasteiger charge is -2.07. The molecule has 132 valence electrons. The maximum absolute atomic E-state index is 11.7. The van der Waals surface area contributed by atoms with Gasteiger partial charge in [-0.2, -0.15) is 5.10 Å². The fourth-order valence-corrected chi connectivity index (χ4v) is 2.35. The number of aromatic hydroxyl groups is 2. The molecule has 0 saturated carbocycles. The van der Waals surface area contributed by atoms with Crippen molar-refractivity contribution in [2.24, 2.45) is 5.10 Å². The third-order valence-corrected chi connectivity index (χ3v) is 3.67. The first kappa shape index (κ1) is 18.9. The molecule has 0 aliphatic carbocycles. The van der Waals surface area contributed by atoms with Gasteiger partial charge in [0.1, 0.15) is 5.75 Å². The molecule has 0 saturated heterocycles. The van der Waals surface area contributed by atoms with Gasteiger partial charge >= 0.3 is 0 Å². The molecule has 0 atom stereocenters. The molecule has 1 amide bonds. The number of rotatable bonds is 7. The number of nitrogens with zero attached hydrogens (tertiary/aromatic N) is 1. The van der Waals surface area contributed by atoms with Gasteiger partial charge in [-0.25, -0.2) is 5.43 Å². The molecule has 0 unspecified atom stereocenters. The highest BCUT2D eigenvalue weighted by Crippen LogP contribution is 2.28. The minimum Gasteiger partial charge on any atom is -0.504 e. The Morgan fingerprint density at radius 2 is 2.04 bits per heavy atom. The van der Waals surface area contributed by atoms with E-state index in [0.29, 0.717) is 34.4 Å². The van der Waals surface area contributed by atoms with Gasteiger partial charge in [-0.1, -0.05) is 29.3 Å². The summed E-state index contributed by atoms with van der Waals surface area (Å²) >= 11 is 11.8. The number of hydrazone groups is 1. The third-order valence-electron chi connectivity index (χ3n) is 3.14. The number of ether oxygens (including phenoxy) is 1. The number of para-hydroxylation sites is 1. The molecular weight excluding hydrogens is 367 g/mol. The van der Waals surface area contributed by atoms with Crippen LogP contribution in [0.25, 0.3) is 0 Å². The molecular formula is C17H16Cl2N2O4. The Labute approximate surface area is 154 Å².